The normalized spacial score (nSPS) is 10.4. The summed E-state index contributed by atoms with van der Waals surface area (Å²) in [6.07, 6.45) is 0. The third kappa shape index (κ3) is 5.80. The van der Waals surface area contributed by atoms with E-state index in [1.165, 1.54) is 13.2 Å². The highest BCUT2D eigenvalue weighted by atomic mass is 35.5. The topological polar surface area (TPSA) is 73.9 Å². The van der Waals surface area contributed by atoms with E-state index >= 15 is 0 Å². The summed E-state index contributed by atoms with van der Waals surface area (Å²) < 4.78 is 16.3. The second kappa shape index (κ2) is 10.7. The summed E-state index contributed by atoms with van der Waals surface area (Å²) in [6.45, 7) is 3.64. The minimum absolute atomic E-state index is 0.242. The maximum absolute atomic E-state index is 12.4. The predicted octanol–water partition coefficient (Wildman–Crippen LogP) is 5.34. The molecule has 0 aliphatic heterocycles. The molecule has 0 unspecified atom stereocenters. The first-order chi connectivity index (χ1) is 15.4. The molecular formula is C25H24ClNO5. The van der Waals surface area contributed by atoms with Crippen molar-refractivity contribution in [1.82, 2.24) is 0 Å². The van der Waals surface area contributed by atoms with Crippen LogP contribution in [0.4, 0.5) is 5.69 Å². The standard InChI is InChI=1S/C25H24ClNO5/c1-16-7-6-8-17(2)24(16)27-23(28)15-32-25(29)18-11-12-21(22(13-18)30-3)31-14-19-9-4-5-10-20(19)26/h4-13H,14-15H2,1-3H3,(H,27,28). The summed E-state index contributed by atoms with van der Waals surface area (Å²) in [5.41, 5.74) is 3.65. The van der Waals surface area contributed by atoms with Crippen LogP contribution in [0.5, 0.6) is 11.5 Å². The number of methoxy groups -OCH3 is 1. The lowest BCUT2D eigenvalue weighted by Gasteiger charge is -2.13. The van der Waals surface area contributed by atoms with Crippen molar-refractivity contribution in [3.63, 3.8) is 0 Å². The Hall–Kier alpha value is -3.51. The molecule has 0 atom stereocenters. The second-order valence-corrected chi connectivity index (χ2v) is 7.54. The number of esters is 1. The Labute approximate surface area is 192 Å². The molecule has 3 aromatic rings. The molecular weight excluding hydrogens is 430 g/mol. The summed E-state index contributed by atoms with van der Waals surface area (Å²) in [5.74, 6) is -0.233. The fourth-order valence-electron chi connectivity index (χ4n) is 3.09. The maximum Gasteiger partial charge on any atom is 0.338 e. The highest BCUT2D eigenvalue weighted by Crippen LogP contribution is 2.30. The van der Waals surface area contributed by atoms with Gasteiger partial charge >= 0.3 is 5.97 Å². The van der Waals surface area contributed by atoms with Gasteiger partial charge in [-0.2, -0.15) is 0 Å². The van der Waals surface area contributed by atoms with Crippen molar-refractivity contribution in [3.05, 3.63) is 87.9 Å². The van der Waals surface area contributed by atoms with Gasteiger partial charge < -0.3 is 19.5 Å². The van der Waals surface area contributed by atoms with E-state index in [0.717, 1.165) is 22.4 Å². The number of benzene rings is 3. The first-order valence-electron chi connectivity index (χ1n) is 9.96. The minimum Gasteiger partial charge on any atom is -0.493 e. The number of nitrogens with one attached hydrogen (secondary N) is 1. The Morgan fingerprint density at radius 2 is 1.66 bits per heavy atom. The Morgan fingerprint density at radius 3 is 2.34 bits per heavy atom. The molecule has 0 aliphatic carbocycles. The third-order valence-corrected chi connectivity index (χ3v) is 5.19. The van der Waals surface area contributed by atoms with Gasteiger partial charge in [-0.25, -0.2) is 4.79 Å². The molecule has 3 rings (SSSR count). The molecule has 0 aliphatic rings. The quantitative estimate of drug-likeness (QED) is 0.466. The van der Waals surface area contributed by atoms with E-state index in [2.05, 4.69) is 5.32 Å². The lowest BCUT2D eigenvalue weighted by atomic mass is 10.1. The Bertz CT molecular complexity index is 1110. The molecule has 6 nitrogen and oxygen atoms in total. The van der Waals surface area contributed by atoms with Crippen LogP contribution < -0.4 is 14.8 Å². The van der Waals surface area contributed by atoms with E-state index in [1.54, 1.807) is 18.2 Å². The molecule has 0 spiro atoms. The van der Waals surface area contributed by atoms with Gasteiger partial charge in [-0.1, -0.05) is 48.0 Å². The molecule has 0 fully saturated rings. The van der Waals surface area contributed by atoms with Gasteiger partial charge in [0.1, 0.15) is 6.61 Å². The number of anilines is 1. The summed E-state index contributed by atoms with van der Waals surface area (Å²) >= 11 is 6.15. The molecule has 0 saturated heterocycles. The molecule has 1 amide bonds. The SMILES string of the molecule is COc1cc(C(=O)OCC(=O)Nc2c(C)cccc2C)ccc1OCc1ccccc1Cl. The van der Waals surface area contributed by atoms with Crippen LogP contribution in [0.1, 0.15) is 27.0 Å². The molecule has 0 saturated carbocycles. The van der Waals surface area contributed by atoms with E-state index in [0.29, 0.717) is 16.5 Å². The van der Waals surface area contributed by atoms with Crippen molar-refractivity contribution in [2.24, 2.45) is 0 Å². The van der Waals surface area contributed by atoms with Gasteiger partial charge in [-0.05, 0) is 49.2 Å². The van der Waals surface area contributed by atoms with Crippen LogP contribution in [0.15, 0.2) is 60.7 Å². The molecule has 1 N–H and O–H groups in total. The number of aryl methyl sites for hydroxylation is 2. The molecule has 0 aromatic heterocycles. The molecule has 0 heterocycles. The van der Waals surface area contributed by atoms with E-state index < -0.39 is 18.5 Å². The van der Waals surface area contributed by atoms with Crippen molar-refractivity contribution < 1.29 is 23.8 Å². The second-order valence-electron chi connectivity index (χ2n) is 7.14. The molecule has 3 aromatic carbocycles. The number of hydrogen-bond acceptors (Lipinski definition) is 5. The van der Waals surface area contributed by atoms with Crippen LogP contribution in [-0.4, -0.2) is 25.6 Å². The fourth-order valence-corrected chi connectivity index (χ4v) is 3.28. The van der Waals surface area contributed by atoms with Crippen LogP contribution in [0, 0.1) is 13.8 Å². The number of rotatable bonds is 8. The number of hydrogen-bond donors (Lipinski definition) is 1. The molecule has 166 valence electrons. The van der Waals surface area contributed by atoms with Crippen molar-refractivity contribution >= 4 is 29.2 Å². The summed E-state index contributed by atoms with van der Waals surface area (Å²) in [7, 11) is 1.48. The predicted molar refractivity (Wildman–Crippen MR) is 124 cm³/mol. The largest absolute Gasteiger partial charge is 0.493 e. The summed E-state index contributed by atoms with van der Waals surface area (Å²) in [5, 5.41) is 3.38. The number of ether oxygens (including phenoxy) is 3. The van der Waals surface area contributed by atoms with Crippen molar-refractivity contribution in [2.45, 2.75) is 20.5 Å². The Morgan fingerprint density at radius 1 is 0.938 bits per heavy atom. The Balaban J connectivity index is 1.60. The lowest BCUT2D eigenvalue weighted by molar-refractivity contribution is -0.119. The molecule has 7 heteroatoms. The smallest absolute Gasteiger partial charge is 0.338 e. The van der Waals surface area contributed by atoms with Gasteiger partial charge in [-0.15, -0.1) is 0 Å². The van der Waals surface area contributed by atoms with Crippen LogP contribution >= 0.6 is 11.6 Å². The zero-order valence-electron chi connectivity index (χ0n) is 18.1. The van der Waals surface area contributed by atoms with Crippen LogP contribution in [0.3, 0.4) is 0 Å². The first-order valence-corrected chi connectivity index (χ1v) is 10.3. The summed E-state index contributed by atoms with van der Waals surface area (Å²) in [4.78, 5) is 24.7. The fraction of sp³-hybridized carbons (Fsp3) is 0.200. The van der Waals surface area contributed by atoms with Crippen molar-refractivity contribution in [1.29, 1.82) is 0 Å². The molecule has 0 bridgehead atoms. The van der Waals surface area contributed by atoms with E-state index in [-0.39, 0.29) is 12.2 Å². The van der Waals surface area contributed by atoms with Crippen LogP contribution in [-0.2, 0) is 16.1 Å². The van der Waals surface area contributed by atoms with Crippen LogP contribution in [0.25, 0.3) is 0 Å². The highest BCUT2D eigenvalue weighted by molar-refractivity contribution is 6.31. The van der Waals surface area contributed by atoms with E-state index in [4.69, 9.17) is 25.8 Å². The number of amides is 1. The van der Waals surface area contributed by atoms with Gasteiger partial charge in [0.05, 0.1) is 12.7 Å². The van der Waals surface area contributed by atoms with Gasteiger partial charge in [0, 0.05) is 16.3 Å². The van der Waals surface area contributed by atoms with Gasteiger partial charge in [0.2, 0.25) is 0 Å². The van der Waals surface area contributed by atoms with Gasteiger partial charge in [0.15, 0.2) is 18.1 Å². The highest BCUT2D eigenvalue weighted by Gasteiger charge is 2.15. The first kappa shape index (κ1) is 23.2. The Kier molecular flexibility index (Phi) is 7.73. The van der Waals surface area contributed by atoms with E-state index in [9.17, 15) is 9.59 Å². The molecule has 32 heavy (non-hydrogen) atoms. The minimum atomic E-state index is -0.641. The maximum atomic E-state index is 12.4. The number of para-hydroxylation sites is 1. The van der Waals surface area contributed by atoms with Crippen molar-refractivity contribution in [2.75, 3.05) is 19.0 Å². The monoisotopic (exact) mass is 453 g/mol. The average Bonchev–Trinajstić information content (AvgIpc) is 2.79. The van der Waals surface area contributed by atoms with Crippen molar-refractivity contribution in [3.8, 4) is 11.5 Å². The third-order valence-electron chi connectivity index (χ3n) is 4.82. The van der Waals surface area contributed by atoms with Gasteiger partial charge in [-0.3, -0.25) is 4.79 Å². The average molecular weight is 454 g/mol. The number of carbonyl (C=O) groups excluding carboxylic acids is 2. The zero-order chi connectivity index (χ0) is 23.1. The van der Waals surface area contributed by atoms with Gasteiger partial charge in [0.25, 0.3) is 5.91 Å². The molecule has 0 radical (unpaired) electrons. The summed E-state index contributed by atoms with van der Waals surface area (Å²) in [6, 6.07) is 17.7. The van der Waals surface area contributed by atoms with Crippen LogP contribution in [0.2, 0.25) is 5.02 Å². The lowest BCUT2D eigenvalue weighted by Crippen LogP contribution is -2.21. The number of carbonyl (C=O) groups is 2. The van der Waals surface area contributed by atoms with E-state index in [1.807, 2.05) is 50.2 Å². The number of halogens is 1. The zero-order valence-corrected chi connectivity index (χ0v) is 18.9.